The number of alkyl halides is 3. The molecule has 6 heteroatoms. The quantitative estimate of drug-likeness (QED) is 0.812. The van der Waals surface area contributed by atoms with Gasteiger partial charge in [-0.2, -0.15) is 13.2 Å². The maximum Gasteiger partial charge on any atom is 0.416 e. The second-order valence-electron chi connectivity index (χ2n) is 4.86. The van der Waals surface area contributed by atoms with Gasteiger partial charge in [-0.1, -0.05) is 6.92 Å². The first kappa shape index (κ1) is 17.8. The molecule has 0 amide bonds. The van der Waals surface area contributed by atoms with Gasteiger partial charge < -0.3 is 14.9 Å². The summed E-state index contributed by atoms with van der Waals surface area (Å²) in [5.74, 6) is 0.0819. The number of aliphatic hydroxyl groups excluding tert-OH is 2. The Morgan fingerprint density at radius 3 is 2.38 bits per heavy atom. The van der Waals surface area contributed by atoms with Crippen LogP contribution >= 0.6 is 0 Å². The highest BCUT2D eigenvalue weighted by Crippen LogP contribution is 2.38. The van der Waals surface area contributed by atoms with E-state index in [1.165, 1.54) is 6.07 Å². The van der Waals surface area contributed by atoms with E-state index in [0.717, 1.165) is 12.1 Å². The lowest BCUT2D eigenvalue weighted by molar-refractivity contribution is -0.137. The number of hydrogen-bond acceptors (Lipinski definition) is 3. The molecular formula is C15H21F3O3. The fourth-order valence-electron chi connectivity index (χ4n) is 2.25. The summed E-state index contributed by atoms with van der Waals surface area (Å²) >= 11 is 0. The lowest BCUT2D eigenvalue weighted by Crippen LogP contribution is -2.17. The molecule has 2 unspecified atom stereocenters. The van der Waals surface area contributed by atoms with Gasteiger partial charge in [0.05, 0.1) is 24.9 Å². The molecule has 1 aromatic rings. The summed E-state index contributed by atoms with van der Waals surface area (Å²) in [5, 5.41) is 18.5. The monoisotopic (exact) mass is 306 g/mol. The molecule has 0 aliphatic carbocycles. The molecule has 0 saturated carbocycles. The molecule has 0 aromatic heterocycles. The summed E-state index contributed by atoms with van der Waals surface area (Å²) in [7, 11) is 0. The van der Waals surface area contributed by atoms with E-state index < -0.39 is 24.5 Å². The smallest absolute Gasteiger partial charge is 0.416 e. The van der Waals surface area contributed by atoms with E-state index in [1.807, 2.05) is 6.92 Å². The van der Waals surface area contributed by atoms with Gasteiger partial charge in [-0.15, -0.1) is 0 Å². The SMILES string of the molecule is CCOc1ccc(C(F)(F)F)cc1C(CC)CC(O)CO. The molecule has 0 radical (unpaired) electrons. The summed E-state index contributed by atoms with van der Waals surface area (Å²) in [5.41, 5.74) is -0.320. The summed E-state index contributed by atoms with van der Waals surface area (Å²) in [6, 6.07) is 3.38. The topological polar surface area (TPSA) is 49.7 Å². The predicted molar refractivity (Wildman–Crippen MR) is 73.4 cm³/mol. The molecule has 0 bridgehead atoms. The molecule has 2 atom stereocenters. The number of ether oxygens (including phenoxy) is 1. The van der Waals surface area contributed by atoms with E-state index in [9.17, 15) is 18.3 Å². The van der Waals surface area contributed by atoms with Crippen molar-refractivity contribution >= 4 is 0 Å². The van der Waals surface area contributed by atoms with Crippen LogP contribution in [0.1, 0.15) is 43.7 Å². The van der Waals surface area contributed by atoms with E-state index in [4.69, 9.17) is 9.84 Å². The Balaban J connectivity index is 3.19. The maximum absolute atomic E-state index is 12.9. The zero-order chi connectivity index (χ0) is 16.0. The molecular weight excluding hydrogens is 285 g/mol. The Kier molecular flexibility index (Phi) is 6.48. The third-order valence-electron chi connectivity index (χ3n) is 3.34. The number of hydrogen-bond donors (Lipinski definition) is 2. The van der Waals surface area contributed by atoms with Crippen LogP contribution in [0.25, 0.3) is 0 Å². The van der Waals surface area contributed by atoms with Crippen LogP contribution in [0.5, 0.6) is 5.75 Å². The number of benzene rings is 1. The van der Waals surface area contributed by atoms with Gasteiger partial charge in [0.15, 0.2) is 0 Å². The van der Waals surface area contributed by atoms with Crippen molar-refractivity contribution in [2.45, 2.75) is 44.9 Å². The molecule has 3 nitrogen and oxygen atoms in total. The zero-order valence-corrected chi connectivity index (χ0v) is 12.2. The van der Waals surface area contributed by atoms with E-state index in [-0.39, 0.29) is 12.3 Å². The van der Waals surface area contributed by atoms with Crippen molar-refractivity contribution in [3.8, 4) is 5.75 Å². The second kappa shape index (κ2) is 7.66. The Bertz CT molecular complexity index is 446. The van der Waals surface area contributed by atoms with Crippen molar-refractivity contribution in [3.63, 3.8) is 0 Å². The summed E-state index contributed by atoms with van der Waals surface area (Å²) in [4.78, 5) is 0. The van der Waals surface area contributed by atoms with Crippen molar-refractivity contribution in [2.24, 2.45) is 0 Å². The molecule has 1 aromatic carbocycles. The van der Waals surface area contributed by atoms with Gasteiger partial charge in [-0.05, 0) is 49.4 Å². The highest BCUT2D eigenvalue weighted by atomic mass is 19.4. The Hall–Kier alpha value is -1.27. The normalized spacial score (nSPS) is 14.8. The van der Waals surface area contributed by atoms with E-state index in [1.54, 1.807) is 6.92 Å². The molecule has 120 valence electrons. The van der Waals surface area contributed by atoms with Crippen LogP contribution in [0.4, 0.5) is 13.2 Å². The van der Waals surface area contributed by atoms with Crippen LogP contribution < -0.4 is 4.74 Å². The molecule has 2 N–H and O–H groups in total. The summed E-state index contributed by atoms with van der Waals surface area (Å²) in [6.45, 7) is 3.51. The lowest BCUT2D eigenvalue weighted by atomic mass is 9.89. The number of rotatable bonds is 7. The van der Waals surface area contributed by atoms with E-state index in [0.29, 0.717) is 24.3 Å². The summed E-state index contributed by atoms with van der Waals surface area (Å²) in [6.07, 6.45) is -4.65. The average molecular weight is 306 g/mol. The molecule has 0 aliphatic heterocycles. The van der Waals surface area contributed by atoms with Gasteiger partial charge in [-0.25, -0.2) is 0 Å². The minimum Gasteiger partial charge on any atom is -0.494 e. The maximum atomic E-state index is 12.9. The Labute approximate surface area is 122 Å². The minimum absolute atomic E-state index is 0.189. The third-order valence-corrected chi connectivity index (χ3v) is 3.34. The van der Waals surface area contributed by atoms with E-state index in [2.05, 4.69) is 0 Å². The van der Waals surface area contributed by atoms with Crippen molar-refractivity contribution in [1.29, 1.82) is 0 Å². The van der Waals surface area contributed by atoms with Crippen LogP contribution in [-0.2, 0) is 6.18 Å². The van der Waals surface area contributed by atoms with Gasteiger partial charge in [-0.3, -0.25) is 0 Å². The number of aliphatic hydroxyl groups is 2. The molecule has 0 fully saturated rings. The third kappa shape index (κ3) is 4.89. The average Bonchev–Trinajstić information content (AvgIpc) is 2.44. The van der Waals surface area contributed by atoms with Crippen molar-refractivity contribution in [2.75, 3.05) is 13.2 Å². The Morgan fingerprint density at radius 1 is 1.24 bits per heavy atom. The van der Waals surface area contributed by atoms with Gasteiger partial charge in [0.2, 0.25) is 0 Å². The van der Waals surface area contributed by atoms with Crippen LogP contribution in [0.3, 0.4) is 0 Å². The highest BCUT2D eigenvalue weighted by Gasteiger charge is 2.32. The fraction of sp³-hybridized carbons (Fsp3) is 0.600. The first-order valence-electron chi connectivity index (χ1n) is 6.96. The minimum atomic E-state index is -4.42. The highest BCUT2D eigenvalue weighted by molar-refractivity contribution is 5.41. The largest absolute Gasteiger partial charge is 0.494 e. The number of halogens is 3. The molecule has 0 spiro atoms. The van der Waals surface area contributed by atoms with Gasteiger partial charge in [0, 0.05) is 0 Å². The lowest BCUT2D eigenvalue weighted by Gasteiger charge is -2.22. The van der Waals surface area contributed by atoms with Crippen LogP contribution in [0.2, 0.25) is 0 Å². The standard InChI is InChI=1S/C15H21F3O3/c1-3-10(7-12(20)9-19)13-8-11(15(16,17)18)5-6-14(13)21-4-2/h5-6,8,10,12,19-20H,3-4,7,9H2,1-2H3. The fourth-order valence-corrected chi connectivity index (χ4v) is 2.25. The first-order chi connectivity index (χ1) is 9.83. The zero-order valence-electron chi connectivity index (χ0n) is 12.2. The molecule has 0 aliphatic rings. The van der Waals surface area contributed by atoms with Crippen molar-refractivity contribution in [1.82, 2.24) is 0 Å². The van der Waals surface area contributed by atoms with Crippen molar-refractivity contribution in [3.05, 3.63) is 29.3 Å². The van der Waals surface area contributed by atoms with Crippen LogP contribution in [0, 0.1) is 0 Å². The Morgan fingerprint density at radius 2 is 1.90 bits per heavy atom. The van der Waals surface area contributed by atoms with Crippen LogP contribution in [0.15, 0.2) is 18.2 Å². The van der Waals surface area contributed by atoms with Crippen molar-refractivity contribution < 1.29 is 28.1 Å². The molecule has 0 heterocycles. The van der Waals surface area contributed by atoms with Gasteiger partial charge >= 0.3 is 6.18 Å². The molecule has 21 heavy (non-hydrogen) atoms. The van der Waals surface area contributed by atoms with E-state index >= 15 is 0 Å². The predicted octanol–water partition coefficient (Wildman–Crippen LogP) is 3.34. The van der Waals surface area contributed by atoms with Gasteiger partial charge in [0.1, 0.15) is 5.75 Å². The van der Waals surface area contributed by atoms with Gasteiger partial charge in [0.25, 0.3) is 0 Å². The second-order valence-corrected chi connectivity index (χ2v) is 4.86. The molecule has 1 rings (SSSR count). The summed E-state index contributed by atoms with van der Waals surface area (Å²) < 4.78 is 43.9. The molecule has 0 saturated heterocycles. The van der Waals surface area contributed by atoms with Crippen LogP contribution in [-0.4, -0.2) is 29.5 Å². The first-order valence-corrected chi connectivity index (χ1v) is 6.96.